The van der Waals surface area contributed by atoms with E-state index in [0.717, 1.165) is 0 Å². The molecular weight excluding hydrogens is 260 g/mol. The standard InChI is InChI=1S/C10H18N2O5S/c1-10(2,3)17-9(14)12-7-8(13)11-5-6-18(4,15)16/h4H,5-7H2,1-3H3,(H,11,13)(H,12,14). The Balaban J connectivity index is 3.81. The van der Waals surface area contributed by atoms with Crippen LogP contribution in [-0.2, 0) is 19.4 Å². The van der Waals surface area contributed by atoms with Crippen LogP contribution in [-0.4, -0.2) is 44.9 Å². The maximum atomic E-state index is 11.2. The maximum Gasteiger partial charge on any atom is 0.408 e. The summed E-state index contributed by atoms with van der Waals surface area (Å²) in [5.41, 5.74) is -0.645. The first-order chi connectivity index (χ1) is 7.99. The summed E-state index contributed by atoms with van der Waals surface area (Å²) in [4.78, 5) is 22.3. The van der Waals surface area contributed by atoms with Crippen LogP contribution in [0.5, 0.6) is 0 Å². The molecule has 2 radical (unpaired) electrons. The average Bonchev–Trinajstić information content (AvgIpc) is 2.09. The zero-order chi connectivity index (χ0) is 14.4. The number of rotatable bonds is 5. The van der Waals surface area contributed by atoms with Crippen LogP contribution in [0.25, 0.3) is 0 Å². The molecule has 2 N–H and O–H groups in total. The molecule has 18 heavy (non-hydrogen) atoms. The highest BCUT2D eigenvalue weighted by Crippen LogP contribution is 2.05. The van der Waals surface area contributed by atoms with E-state index < -0.39 is 27.4 Å². The van der Waals surface area contributed by atoms with Gasteiger partial charge in [0.05, 0.1) is 18.6 Å². The van der Waals surface area contributed by atoms with Gasteiger partial charge in [-0.2, -0.15) is 0 Å². The molecule has 0 aliphatic rings. The van der Waals surface area contributed by atoms with Crippen LogP contribution in [0.15, 0.2) is 0 Å². The third-order valence-corrected chi connectivity index (χ3v) is 2.27. The van der Waals surface area contributed by atoms with Crippen LogP contribution in [0.2, 0.25) is 0 Å². The van der Waals surface area contributed by atoms with E-state index in [9.17, 15) is 18.0 Å². The zero-order valence-corrected chi connectivity index (χ0v) is 11.5. The molecule has 0 aromatic rings. The Bertz CT molecular complexity index is 397. The second-order valence-corrected chi connectivity index (χ2v) is 6.31. The van der Waals surface area contributed by atoms with Crippen LogP contribution >= 0.6 is 0 Å². The van der Waals surface area contributed by atoms with E-state index in [1.807, 2.05) is 0 Å². The van der Waals surface area contributed by atoms with Crippen LogP contribution in [0.3, 0.4) is 0 Å². The largest absolute Gasteiger partial charge is 0.444 e. The minimum absolute atomic E-state index is 0.104. The molecule has 0 spiro atoms. The molecule has 8 heteroatoms. The van der Waals surface area contributed by atoms with Crippen LogP contribution in [0.1, 0.15) is 20.8 Å². The van der Waals surface area contributed by atoms with Crippen molar-refractivity contribution in [2.24, 2.45) is 0 Å². The average molecular weight is 278 g/mol. The second kappa shape index (κ2) is 6.58. The van der Waals surface area contributed by atoms with Crippen molar-refractivity contribution >= 4 is 21.8 Å². The number of carbonyl (C=O) groups excluding carboxylic acids is 2. The molecule has 104 valence electrons. The predicted octanol–water partition coefficient (Wildman–Crippen LogP) is -0.289. The number of nitrogens with one attached hydrogen (secondary N) is 2. The lowest BCUT2D eigenvalue weighted by molar-refractivity contribution is -0.120. The third-order valence-electron chi connectivity index (χ3n) is 1.50. The van der Waals surface area contributed by atoms with Crippen molar-refractivity contribution in [2.75, 3.05) is 18.8 Å². The van der Waals surface area contributed by atoms with Crippen molar-refractivity contribution in [3.63, 3.8) is 0 Å². The van der Waals surface area contributed by atoms with E-state index in [-0.39, 0.29) is 18.8 Å². The molecular formula is C10H18N2O5S. The number of hydrogen-bond acceptors (Lipinski definition) is 5. The Morgan fingerprint density at radius 1 is 1.22 bits per heavy atom. The Morgan fingerprint density at radius 2 is 1.78 bits per heavy atom. The smallest absolute Gasteiger partial charge is 0.408 e. The molecule has 0 aliphatic carbocycles. The Hall–Kier alpha value is -1.31. The summed E-state index contributed by atoms with van der Waals surface area (Å²) in [6.45, 7) is 4.68. The van der Waals surface area contributed by atoms with Crippen molar-refractivity contribution in [1.29, 1.82) is 0 Å². The Labute approximate surface area is 107 Å². The van der Waals surface area contributed by atoms with E-state index in [1.165, 1.54) is 0 Å². The maximum absolute atomic E-state index is 11.2. The molecule has 2 amide bonds. The summed E-state index contributed by atoms with van der Waals surface area (Å²) < 4.78 is 26.0. The number of amides is 2. The van der Waals surface area contributed by atoms with Crippen LogP contribution < -0.4 is 10.6 Å². The number of ether oxygens (including phenoxy) is 1. The molecule has 0 bridgehead atoms. The quantitative estimate of drug-likeness (QED) is 0.719. The summed E-state index contributed by atoms with van der Waals surface area (Å²) >= 11 is 0. The molecule has 0 aromatic carbocycles. The number of sulfone groups is 1. The van der Waals surface area contributed by atoms with Gasteiger partial charge in [0, 0.05) is 6.54 Å². The molecule has 0 aliphatic heterocycles. The van der Waals surface area contributed by atoms with E-state index in [2.05, 4.69) is 10.6 Å². The van der Waals surface area contributed by atoms with E-state index in [1.54, 1.807) is 20.8 Å². The van der Waals surface area contributed by atoms with Crippen molar-refractivity contribution in [2.45, 2.75) is 26.4 Å². The van der Waals surface area contributed by atoms with Gasteiger partial charge < -0.3 is 15.4 Å². The highest BCUT2D eigenvalue weighted by molar-refractivity contribution is 7.92. The molecule has 0 aromatic heterocycles. The van der Waals surface area contributed by atoms with Gasteiger partial charge in [-0.3, -0.25) is 4.79 Å². The van der Waals surface area contributed by atoms with Crippen molar-refractivity contribution in [1.82, 2.24) is 10.6 Å². The van der Waals surface area contributed by atoms with Crippen LogP contribution in [0, 0.1) is 6.26 Å². The summed E-state index contributed by atoms with van der Waals surface area (Å²) in [6.07, 6.45) is 4.03. The number of carbonyl (C=O) groups is 2. The molecule has 0 saturated carbocycles. The number of alkyl carbamates (subject to hydrolysis) is 1. The molecule has 0 saturated heterocycles. The van der Waals surface area contributed by atoms with Crippen molar-refractivity contribution in [3.8, 4) is 0 Å². The second-order valence-electron chi connectivity index (χ2n) is 4.57. The minimum Gasteiger partial charge on any atom is -0.444 e. The lowest BCUT2D eigenvalue weighted by atomic mass is 10.2. The topological polar surface area (TPSA) is 102 Å². The fourth-order valence-corrected chi connectivity index (χ4v) is 1.25. The fourth-order valence-electron chi connectivity index (χ4n) is 0.862. The SMILES string of the molecule is [CH]S(=O)(=O)CCNC(=O)CNC(=O)OC(C)(C)C. The van der Waals surface area contributed by atoms with Crippen molar-refractivity contribution in [3.05, 3.63) is 6.26 Å². The van der Waals surface area contributed by atoms with E-state index in [0.29, 0.717) is 0 Å². The highest BCUT2D eigenvalue weighted by Gasteiger charge is 2.16. The molecule has 0 rings (SSSR count). The fraction of sp³-hybridized carbons (Fsp3) is 0.700. The number of hydrogen-bond donors (Lipinski definition) is 2. The van der Waals surface area contributed by atoms with E-state index >= 15 is 0 Å². The van der Waals surface area contributed by atoms with Gasteiger partial charge in [-0.05, 0) is 20.8 Å². The zero-order valence-electron chi connectivity index (χ0n) is 10.6. The van der Waals surface area contributed by atoms with Gasteiger partial charge in [-0.25, -0.2) is 13.2 Å². The predicted molar refractivity (Wildman–Crippen MR) is 65.3 cm³/mol. The summed E-state index contributed by atoms with van der Waals surface area (Å²) in [5.74, 6) is -0.880. The molecule has 0 atom stereocenters. The Kier molecular flexibility index (Phi) is 6.10. The van der Waals surface area contributed by atoms with Gasteiger partial charge in [-0.1, -0.05) is 0 Å². The third kappa shape index (κ3) is 11.2. The first-order valence-corrected chi connectivity index (χ1v) is 6.95. The summed E-state index contributed by atoms with van der Waals surface area (Å²) in [7, 11) is -3.60. The monoisotopic (exact) mass is 278 g/mol. The highest BCUT2D eigenvalue weighted by atomic mass is 32.2. The first-order valence-electron chi connectivity index (χ1n) is 5.23. The van der Waals surface area contributed by atoms with E-state index in [4.69, 9.17) is 11.0 Å². The summed E-state index contributed by atoms with van der Waals surface area (Å²) in [6, 6.07) is 0. The minimum atomic E-state index is -3.60. The molecule has 0 unspecified atom stereocenters. The normalized spacial score (nSPS) is 11.8. The van der Waals surface area contributed by atoms with Gasteiger partial charge >= 0.3 is 6.09 Å². The lowest BCUT2D eigenvalue weighted by Crippen LogP contribution is -2.40. The van der Waals surface area contributed by atoms with Gasteiger partial charge in [0.15, 0.2) is 9.84 Å². The summed E-state index contributed by atoms with van der Waals surface area (Å²) in [5, 5.41) is 4.52. The van der Waals surface area contributed by atoms with Crippen molar-refractivity contribution < 1.29 is 22.7 Å². The molecule has 7 nitrogen and oxygen atoms in total. The molecule has 0 fully saturated rings. The van der Waals surface area contributed by atoms with Gasteiger partial charge in [-0.15, -0.1) is 0 Å². The lowest BCUT2D eigenvalue weighted by Gasteiger charge is -2.19. The Morgan fingerprint density at radius 3 is 2.22 bits per heavy atom. The first kappa shape index (κ1) is 16.7. The molecule has 0 heterocycles. The van der Waals surface area contributed by atoms with Crippen LogP contribution in [0.4, 0.5) is 4.79 Å². The van der Waals surface area contributed by atoms with Gasteiger partial charge in [0.1, 0.15) is 5.60 Å². The van der Waals surface area contributed by atoms with Gasteiger partial charge in [0.2, 0.25) is 5.91 Å². The van der Waals surface area contributed by atoms with Gasteiger partial charge in [0.25, 0.3) is 0 Å².